The topological polar surface area (TPSA) is 168 Å². The molecule has 3 aromatic carbocycles. The van der Waals surface area contributed by atoms with E-state index in [-0.39, 0.29) is 47.8 Å². The lowest BCUT2D eigenvalue weighted by atomic mass is 9.49. The van der Waals surface area contributed by atoms with E-state index in [4.69, 9.17) is 4.74 Å². The van der Waals surface area contributed by atoms with Gasteiger partial charge >= 0.3 is 0 Å². The summed E-state index contributed by atoms with van der Waals surface area (Å²) in [6.07, 6.45) is 3.86. The fourth-order valence-corrected chi connectivity index (χ4v) is 11.2. The van der Waals surface area contributed by atoms with Crippen molar-refractivity contribution >= 4 is 51.8 Å². The lowest BCUT2D eigenvalue weighted by Crippen LogP contribution is -2.74. The summed E-state index contributed by atoms with van der Waals surface area (Å²) in [7, 11) is 0. The van der Waals surface area contributed by atoms with Crippen molar-refractivity contribution in [1.82, 2.24) is 25.4 Å². The Kier molecular flexibility index (Phi) is 10.7. The summed E-state index contributed by atoms with van der Waals surface area (Å²) in [5.74, 6) is -0.845. The van der Waals surface area contributed by atoms with Crippen molar-refractivity contribution in [2.45, 2.75) is 84.5 Å². The first kappa shape index (κ1) is 42.0. The van der Waals surface area contributed by atoms with Crippen LogP contribution in [0.2, 0.25) is 0 Å². The first-order valence-electron chi connectivity index (χ1n) is 22.1. The van der Waals surface area contributed by atoms with Gasteiger partial charge in [-0.2, -0.15) is 5.26 Å². The van der Waals surface area contributed by atoms with Crippen LogP contribution < -0.4 is 25.2 Å². The molecule has 5 aliphatic rings. The van der Waals surface area contributed by atoms with Crippen LogP contribution in [0.25, 0.3) is 10.9 Å². The largest absolute Gasteiger partial charge is 0.488 e. The van der Waals surface area contributed by atoms with E-state index in [1.807, 2.05) is 36.4 Å². The molecule has 4 aliphatic heterocycles. The van der Waals surface area contributed by atoms with Gasteiger partial charge in [0.15, 0.2) is 0 Å². The first-order valence-corrected chi connectivity index (χ1v) is 22.1. The van der Waals surface area contributed by atoms with Crippen molar-refractivity contribution in [1.29, 1.82) is 5.26 Å². The van der Waals surface area contributed by atoms with E-state index in [9.17, 15) is 29.2 Å². The minimum absolute atomic E-state index is 0.0881. The number of carbonyl (C=O) groups is 5. The molecule has 0 radical (unpaired) electrons. The highest BCUT2D eigenvalue weighted by Crippen LogP contribution is 2.56. The zero-order valence-electron chi connectivity index (χ0n) is 36.5. The predicted molar refractivity (Wildman–Crippen MR) is 237 cm³/mol. The maximum absolute atomic E-state index is 13.7. The molecule has 14 nitrogen and oxygen atoms in total. The minimum Gasteiger partial charge on any atom is -0.488 e. The molecule has 2 atom stereocenters. The highest BCUT2D eigenvalue weighted by atomic mass is 16.5. The van der Waals surface area contributed by atoms with Crippen LogP contribution in [-0.2, 0) is 9.59 Å². The number of benzene rings is 3. The third-order valence-corrected chi connectivity index (χ3v) is 14.4. The average molecular weight is 851 g/mol. The molecule has 3 saturated heterocycles. The highest BCUT2D eigenvalue weighted by Gasteiger charge is 2.64. The Morgan fingerprint density at radius 3 is 2.29 bits per heavy atom. The van der Waals surface area contributed by atoms with Gasteiger partial charge in [-0.1, -0.05) is 27.7 Å². The number of carbonyl (C=O) groups excluding carboxylic acids is 5. The Balaban J connectivity index is 0.751. The number of rotatable bonds is 9. The lowest BCUT2D eigenvalue weighted by molar-refractivity contribution is -0.163. The van der Waals surface area contributed by atoms with Crippen molar-refractivity contribution < 1.29 is 28.7 Å². The second-order valence-corrected chi connectivity index (χ2v) is 19.1. The molecule has 4 fully saturated rings. The molecule has 2 N–H and O–H groups in total. The van der Waals surface area contributed by atoms with Crippen LogP contribution in [0.1, 0.15) is 96.9 Å². The van der Waals surface area contributed by atoms with Gasteiger partial charge in [0.05, 0.1) is 22.2 Å². The lowest BCUT2D eigenvalue weighted by Gasteiger charge is -2.63. The molecule has 0 spiro atoms. The molecular formula is C49H54N8O6. The Morgan fingerprint density at radius 1 is 0.873 bits per heavy atom. The van der Waals surface area contributed by atoms with Gasteiger partial charge in [-0.05, 0) is 98.8 Å². The van der Waals surface area contributed by atoms with Gasteiger partial charge in [0.1, 0.15) is 24.0 Å². The zero-order valence-corrected chi connectivity index (χ0v) is 36.5. The molecule has 5 amide bonds. The molecule has 9 rings (SSSR count). The van der Waals surface area contributed by atoms with Crippen LogP contribution in [0.15, 0.2) is 72.9 Å². The highest BCUT2D eigenvalue weighted by molar-refractivity contribution is 6.23. The fraction of sp³-hybridized carbons (Fsp3) is 0.449. The molecule has 1 unspecified atom stereocenters. The SMILES string of the molecule is C[C@H]1CN(c2ccc3c(c2)C(=O)N(C2CCC(=O)NC2=O)C3=O)CCN1CC1CCN(c2ccc(C(=O)N[C@H]3C(C)(C)[C@H](Oc4ccc(C#N)c5ncccc45)C3(C)C)cc2)CC1. The maximum Gasteiger partial charge on any atom is 0.262 e. The van der Waals surface area contributed by atoms with E-state index < -0.39 is 29.7 Å². The number of nitrogens with one attached hydrogen (secondary N) is 2. The smallest absolute Gasteiger partial charge is 0.262 e. The van der Waals surface area contributed by atoms with Gasteiger partial charge in [0, 0.05) is 97.1 Å². The quantitative estimate of drug-likeness (QED) is 0.203. The number of fused-ring (bicyclic) bond motifs is 2. The predicted octanol–water partition coefficient (Wildman–Crippen LogP) is 5.55. The van der Waals surface area contributed by atoms with Crippen molar-refractivity contribution in [2.75, 3.05) is 49.1 Å². The van der Waals surface area contributed by atoms with E-state index in [1.165, 1.54) is 0 Å². The number of ether oxygens (including phenoxy) is 1. The molecule has 0 bridgehead atoms. The Morgan fingerprint density at radius 2 is 1.59 bits per heavy atom. The van der Waals surface area contributed by atoms with Crippen LogP contribution >= 0.6 is 0 Å². The monoisotopic (exact) mass is 850 g/mol. The Hall–Kier alpha value is -6.33. The Bertz CT molecular complexity index is 2540. The van der Waals surface area contributed by atoms with E-state index in [0.717, 1.165) is 73.8 Å². The molecule has 1 aliphatic carbocycles. The van der Waals surface area contributed by atoms with E-state index in [0.29, 0.717) is 39.4 Å². The van der Waals surface area contributed by atoms with Crippen molar-refractivity contribution in [3.63, 3.8) is 0 Å². The van der Waals surface area contributed by atoms with Crippen LogP contribution in [0.4, 0.5) is 11.4 Å². The third-order valence-electron chi connectivity index (χ3n) is 14.4. The fourth-order valence-electron chi connectivity index (χ4n) is 11.2. The number of nitriles is 1. The van der Waals surface area contributed by atoms with Gasteiger partial charge in [-0.15, -0.1) is 0 Å². The van der Waals surface area contributed by atoms with Gasteiger partial charge < -0.3 is 19.9 Å². The Labute approximate surface area is 367 Å². The summed E-state index contributed by atoms with van der Waals surface area (Å²) in [6, 6.07) is 22.0. The first-order chi connectivity index (χ1) is 30.1. The summed E-state index contributed by atoms with van der Waals surface area (Å²) >= 11 is 0. The second kappa shape index (κ2) is 16.1. The molecule has 1 saturated carbocycles. The number of aromatic nitrogens is 1. The van der Waals surface area contributed by atoms with Crippen LogP contribution in [0.3, 0.4) is 0 Å². The average Bonchev–Trinajstić information content (AvgIpc) is 3.52. The number of piperidine rings is 2. The summed E-state index contributed by atoms with van der Waals surface area (Å²) in [6.45, 7) is 16.1. The number of hydrogen-bond acceptors (Lipinski definition) is 11. The normalized spacial score (nSPS) is 24.7. The van der Waals surface area contributed by atoms with Gasteiger partial charge in [-0.25, -0.2) is 0 Å². The number of imide groups is 2. The number of pyridine rings is 1. The minimum atomic E-state index is -0.980. The molecule has 14 heteroatoms. The molecule has 1 aromatic heterocycles. The van der Waals surface area contributed by atoms with E-state index in [1.54, 1.807) is 24.4 Å². The molecular weight excluding hydrogens is 797 g/mol. The number of hydrogen-bond donors (Lipinski definition) is 2. The third kappa shape index (κ3) is 7.45. The van der Waals surface area contributed by atoms with E-state index in [2.05, 4.69) is 83.1 Å². The van der Waals surface area contributed by atoms with Crippen LogP contribution in [0, 0.1) is 28.1 Å². The maximum atomic E-state index is 13.7. The van der Waals surface area contributed by atoms with Crippen molar-refractivity contribution in [3.05, 3.63) is 95.2 Å². The molecule has 4 aromatic rings. The van der Waals surface area contributed by atoms with Gasteiger partial charge in [0.2, 0.25) is 11.8 Å². The van der Waals surface area contributed by atoms with Crippen LogP contribution in [-0.4, -0.2) is 108 Å². The zero-order chi connectivity index (χ0) is 44.4. The number of anilines is 2. The van der Waals surface area contributed by atoms with Gasteiger partial charge in [-0.3, -0.25) is 44.1 Å². The molecule has 63 heavy (non-hydrogen) atoms. The van der Waals surface area contributed by atoms with E-state index >= 15 is 0 Å². The molecule has 326 valence electrons. The van der Waals surface area contributed by atoms with Crippen molar-refractivity contribution in [3.8, 4) is 11.8 Å². The summed E-state index contributed by atoms with van der Waals surface area (Å²) in [5, 5.41) is 16.0. The second-order valence-electron chi connectivity index (χ2n) is 19.1. The van der Waals surface area contributed by atoms with Crippen LogP contribution in [0.5, 0.6) is 5.75 Å². The number of piperazine rings is 1. The molecule has 5 heterocycles. The van der Waals surface area contributed by atoms with Gasteiger partial charge in [0.25, 0.3) is 17.7 Å². The van der Waals surface area contributed by atoms with Crippen molar-refractivity contribution in [2.24, 2.45) is 16.7 Å². The summed E-state index contributed by atoms with van der Waals surface area (Å²) in [5.41, 5.74) is 3.60. The number of nitrogens with zero attached hydrogens (tertiary/aromatic N) is 6. The standard InChI is InChI=1S/C49H54N8O6/c1-29-27-56(34-13-14-35-37(25-34)45(62)57(44(35)61)38-15-17-40(58)52-43(38)60)24-23-55(29)28-30-18-21-54(22-19-30)33-11-8-31(9-12-33)42(59)53-46-48(2,3)47(49(46,4)5)63-39-16-10-32(26-50)41-36(39)7-6-20-51-41/h6-14,16,20,25,29-30,38,46-47H,15,17-19,21-24,27-28H2,1-5H3,(H,53,59)(H,52,58,60)/t29-,38?,46-,47-/m0/s1. The number of amides is 5. The summed E-state index contributed by atoms with van der Waals surface area (Å²) < 4.78 is 6.66. The summed E-state index contributed by atoms with van der Waals surface area (Å²) in [4.78, 5) is 77.1.